The van der Waals surface area contributed by atoms with Crippen molar-refractivity contribution >= 4 is 21.8 Å². The number of hydrogen-bond acceptors (Lipinski definition) is 4. The highest BCUT2D eigenvalue weighted by Gasteiger charge is 2.15. The molecule has 1 N–H and O–H groups in total. The lowest BCUT2D eigenvalue weighted by atomic mass is 10.3. The Balaban J connectivity index is 1.83. The highest BCUT2D eigenvalue weighted by molar-refractivity contribution is 9.10. The van der Waals surface area contributed by atoms with Gasteiger partial charge in [-0.3, -0.25) is 14.5 Å². The molecule has 0 spiro atoms. The van der Waals surface area contributed by atoms with E-state index in [1.807, 2.05) is 6.92 Å². The molecule has 1 aliphatic rings. The van der Waals surface area contributed by atoms with Crippen LogP contribution in [0.15, 0.2) is 27.6 Å². The third kappa shape index (κ3) is 5.26. The molecule has 0 aromatic carbocycles. The predicted octanol–water partition coefficient (Wildman–Crippen LogP) is 0.448. The van der Waals surface area contributed by atoms with Crippen molar-refractivity contribution in [1.82, 2.24) is 14.8 Å². The van der Waals surface area contributed by atoms with E-state index in [-0.39, 0.29) is 24.1 Å². The molecular weight excluding hydrogens is 338 g/mol. The molecule has 1 amide bonds. The van der Waals surface area contributed by atoms with Gasteiger partial charge in [-0.15, -0.1) is 0 Å². The van der Waals surface area contributed by atoms with Crippen molar-refractivity contribution in [1.29, 1.82) is 0 Å². The summed E-state index contributed by atoms with van der Waals surface area (Å²) in [5, 5.41) is 2.93. The molecule has 116 valence electrons. The summed E-state index contributed by atoms with van der Waals surface area (Å²) in [7, 11) is 0. The molecule has 1 aromatic heterocycles. The fourth-order valence-electron chi connectivity index (χ4n) is 2.32. The summed E-state index contributed by atoms with van der Waals surface area (Å²) < 4.78 is 7.46. The fourth-order valence-corrected chi connectivity index (χ4v) is 2.70. The summed E-state index contributed by atoms with van der Waals surface area (Å²) in [6.07, 6.45) is 1.62. The van der Waals surface area contributed by atoms with Crippen LogP contribution in [0.25, 0.3) is 0 Å². The van der Waals surface area contributed by atoms with Crippen LogP contribution in [0.2, 0.25) is 0 Å². The van der Waals surface area contributed by atoms with Gasteiger partial charge in [0.05, 0.1) is 13.2 Å². The largest absolute Gasteiger partial charge is 0.379 e. The van der Waals surface area contributed by atoms with E-state index in [1.54, 1.807) is 12.3 Å². The summed E-state index contributed by atoms with van der Waals surface area (Å²) in [5.74, 6) is -0.157. The predicted molar refractivity (Wildman–Crippen MR) is 83.3 cm³/mol. The van der Waals surface area contributed by atoms with E-state index in [0.717, 1.165) is 37.3 Å². The van der Waals surface area contributed by atoms with Gasteiger partial charge < -0.3 is 14.6 Å². The number of amides is 1. The minimum Gasteiger partial charge on any atom is -0.379 e. The topological polar surface area (TPSA) is 63.6 Å². The molecule has 1 atom stereocenters. The zero-order valence-electron chi connectivity index (χ0n) is 12.0. The van der Waals surface area contributed by atoms with E-state index in [1.165, 1.54) is 10.6 Å². The molecule has 21 heavy (non-hydrogen) atoms. The van der Waals surface area contributed by atoms with E-state index < -0.39 is 0 Å². The second-order valence-electron chi connectivity index (χ2n) is 5.19. The van der Waals surface area contributed by atoms with Crippen LogP contribution in [-0.2, 0) is 16.1 Å². The molecule has 1 aliphatic heterocycles. The molecule has 1 saturated heterocycles. The summed E-state index contributed by atoms with van der Waals surface area (Å²) in [6.45, 7) is 6.07. The first kappa shape index (κ1) is 16.2. The van der Waals surface area contributed by atoms with Crippen molar-refractivity contribution in [2.75, 3.05) is 32.8 Å². The van der Waals surface area contributed by atoms with Gasteiger partial charge in [0.15, 0.2) is 0 Å². The number of morpholine rings is 1. The molecule has 0 aliphatic carbocycles. The van der Waals surface area contributed by atoms with Crippen LogP contribution in [0, 0.1) is 0 Å². The summed E-state index contributed by atoms with van der Waals surface area (Å²) in [4.78, 5) is 25.9. The number of hydrogen-bond donors (Lipinski definition) is 1. The van der Waals surface area contributed by atoms with E-state index in [9.17, 15) is 9.59 Å². The minimum absolute atomic E-state index is 0.0335. The van der Waals surface area contributed by atoms with E-state index in [0.29, 0.717) is 0 Å². The second kappa shape index (κ2) is 7.72. The Morgan fingerprint density at radius 2 is 2.14 bits per heavy atom. The smallest absolute Gasteiger partial charge is 0.251 e. The van der Waals surface area contributed by atoms with Crippen molar-refractivity contribution < 1.29 is 9.53 Å². The van der Waals surface area contributed by atoms with Gasteiger partial charge in [0, 0.05) is 42.4 Å². The average molecular weight is 358 g/mol. The minimum atomic E-state index is -0.186. The summed E-state index contributed by atoms with van der Waals surface area (Å²) in [5.41, 5.74) is -0.186. The maximum Gasteiger partial charge on any atom is 0.251 e. The Kier molecular flexibility index (Phi) is 5.96. The lowest BCUT2D eigenvalue weighted by molar-refractivity contribution is -0.122. The number of rotatable bonds is 5. The number of carbonyl (C=O) groups is 1. The van der Waals surface area contributed by atoms with Crippen LogP contribution in [0.5, 0.6) is 0 Å². The van der Waals surface area contributed by atoms with Gasteiger partial charge in [-0.05, 0) is 28.9 Å². The van der Waals surface area contributed by atoms with Crippen LogP contribution in [0.4, 0.5) is 0 Å². The number of carbonyl (C=O) groups excluding carboxylic acids is 1. The van der Waals surface area contributed by atoms with Crippen molar-refractivity contribution in [3.05, 3.63) is 33.2 Å². The highest BCUT2D eigenvalue weighted by Crippen LogP contribution is 2.04. The Morgan fingerprint density at radius 1 is 1.43 bits per heavy atom. The Labute approximate surface area is 132 Å². The van der Waals surface area contributed by atoms with Gasteiger partial charge in [0.2, 0.25) is 5.91 Å². The van der Waals surface area contributed by atoms with Crippen LogP contribution in [-0.4, -0.2) is 54.3 Å². The van der Waals surface area contributed by atoms with Crippen molar-refractivity contribution in [3.63, 3.8) is 0 Å². The number of halogens is 1. The van der Waals surface area contributed by atoms with Crippen molar-refractivity contribution in [2.45, 2.75) is 19.5 Å². The standard InChI is InChI=1S/C14H20BrN3O3/c1-11(8-17-4-6-21-7-5-17)16-13(19)10-18-9-12(15)2-3-14(18)20/h2-3,9,11H,4-8,10H2,1H3,(H,16,19)/t11-/m0/s1. The molecular formula is C14H20BrN3O3. The molecule has 0 unspecified atom stereocenters. The lowest BCUT2D eigenvalue weighted by Crippen LogP contribution is -2.47. The maximum absolute atomic E-state index is 12.0. The highest BCUT2D eigenvalue weighted by atomic mass is 79.9. The maximum atomic E-state index is 12.0. The third-order valence-electron chi connectivity index (χ3n) is 3.30. The van der Waals surface area contributed by atoms with Gasteiger partial charge >= 0.3 is 0 Å². The fraction of sp³-hybridized carbons (Fsp3) is 0.571. The van der Waals surface area contributed by atoms with Gasteiger partial charge in [0.1, 0.15) is 6.54 Å². The second-order valence-corrected chi connectivity index (χ2v) is 6.11. The van der Waals surface area contributed by atoms with Crippen LogP contribution < -0.4 is 10.9 Å². The van der Waals surface area contributed by atoms with Gasteiger partial charge in [-0.1, -0.05) is 0 Å². The molecule has 6 nitrogen and oxygen atoms in total. The Hall–Kier alpha value is -1.18. The molecule has 1 aromatic rings. The SMILES string of the molecule is C[C@@H](CN1CCOCC1)NC(=O)Cn1cc(Br)ccc1=O. The number of ether oxygens (including phenoxy) is 1. The average Bonchev–Trinajstić information content (AvgIpc) is 2.43. The quantitative estimate of drug-likeness (QED) is 0.830. The number of nitrogens with one attached hydrogen (secondary N) is 1. The number of nitrogens with zero attached hydrogens (tertiary/aromatic N) is 2. The summed E-state index contributed by atoms with van der Waals surface area (Å²) in [6, 6.07) is 3.14. The molecule has 2 rings (SSSR count). The Morgan fingerprint density at radius 3 is 2.86 bits per heavy atom. The lowest BCUT2D eigenvalue weighted by Gasteiger charge is -2.29. The molecule has 7 heteroatoms. The first-order chi connectivity index (χ1) is 10.0. The van der Waals surface area contributed by atoms with Crippen molar-refractivity contribution in [2.24, 2.45) is 0 Å². The van der Waals surface area contributed by atoms with Crippen molar-refractivity contribution in [3.8, 4) is 0 Å². The molecule has 0 saturated carbocycles. The van der Waals surface area contributed by atoms with Crippen LogP contribution in [0.1, 0.15) is 6.92 Å². The number of aromatic nitrogens is 1. The first-order valence-electron chi connectivity index (χ1n) is 7.00. The Bertz CT molecular complexity index is 541. The molecule has 1 fully saturated rings. The molecule has 2 heterocycles. The van der Waals surface area contributed by atoms with E-state index in [4.69, 9.17) is 4.74 Å². The van der Waals surface area contributed by atoms with E-state index in [2.05, 4.69) is 26.1 Å². The van der Waals surface area contributed by atoms with Crippen LogP contribution in [0.3, 0.4) is 0 Å². The first-order valence-corrected chi connectivity index (χ1v) is 7.79. The van der Waals surface area contributed by atoms with Gasteiger partial charge in [-0.2, -0.15) is 0 Å². The van der Waals surface area contributed by atoms with Gasteiger partial charge in [-0.25, -0.2) is 0 Å². The number of pyridine rings is 1. The monoisotopic (exact) mass is 357 g/mol. The normalized spacial score (nSPS) is 17.4. The van der Waals surface area contributed by atoms with Crippen LogP contribution >= 0.6 is 15.9 Å². The summed E-state index contributed by atoms with van der Waals surface area (Å²) >= 11 is 3.29. The zero-order chi connectivity index (χ0) is 15.2. The third-order valence-corrected chi connectivity index (χ3v) is 3.77. The zero-order valence-corrected chi connectivity index (χ0v) is 13.6. The van der Waals surface area contributed by atoms with E-state index >= 15 is 0 Å². The molecule has 0 radical (unpaired) electrons. The van der Waals surface area contributed by atoms with Gasteiger partial charge in [0.25, 0.3) is 5.56 Å². The molecule has 0 bridgehead atoms.